The maximum Gasteiger partial charge on any atom is 0.256 e. The maximum absolute atomic E-state index is 13.7. The molecular formula is C20H15F2N3O. The first-order valence-electron chi connectivity index (χ1n) is 8.09. The Kier molecular flexibility index (Phi) is 4.01. The van der Waals surface area contributed by atoms with E-state index in [1.54, 1.807) is 24.4 Å². The standard InChI is InChI=1S/C20H15F2N3O/c21-13-3-5-18(22)12(8-13)11-24-15-4-6-19-16(9-15)17(20(26)25-19)10-14-2-1-7-23-14/h1-10,23-24H,11H2,(H,25,26). The lowest BCUT2D eigenvalue weighted by molar-refractivity contribution is -0.110. The van der Waals surface area contributed by atoms with Gasteiger partial charge in [-0.05, 0) is 54.6 Å². The van der Waals surface area contributed by atoms with Crippen LogP contribution in [0.3, 0.4) is 0 Å². The molecule has 2 aromatic carbocycles. The lowest BCUT2D eigenvalue weighted by Crippen LogP contribution is -2.03. The van der Waals surface area contributed by atoms with Gasteiger partial charge in [-0.2, -0.15) is 0 Å². The van der Waals surface area contributed by atoms with Crippen molar-refractivity contribution in [3.8, 4) is 0 Å². The van der Waals surface area contributed by atoms with Crippen molar-refractivity contribution >= 4 is 28.9 Å². The number of benzene rings is 2. The molecule has 26 heavy (non-hydrogen) atoms. The number of hydrogen-bond acceptors (Lipinski definition) is 2. The van der Waals surface area contributed by atoms with Crippen molar-refractivity contribution in [2.75, 3.05) is 10.6 Å². The summed E-state index contributed by atoms with van der Waals surface area (Å²) >= 11 is 0. The summed E-state index contributed by atoms with van der Waals surface area (Å²) in [4.78, 5) is 15.3. The van der Waals surface area contributed by atoms with E-state index in [1.807, 2.05) is 18.2 Å². The largest absolute Gasteiger partial charge is 0.381 e. The Morgan fingerprint density at radius 2 is 1.96 bits per heavy atom. The van der Waals surface area contributed by atoms with Gasteiger partial charge in [0.05, 0.1) is 5.57 Å². The van der Waals surface area contributed by atoms with E-state index in [0.29, 0.717) is 11.3 Å². The van der Waals surface area contributed by atoms with Crippen LogP contribution in [-0.4, -0.2) is 10.9 Å². The first-order valence-corrected chi connectivity index (χ1v) is 8.09. The molecule has 1 aliphatic rings. The predicted molar refractivity (Wildman–Crippen MR) is 97.4 cm³/mol. The molecular weight excluding hydrogens is 336 g/mol. The Hall–Kier alpha value is -3.41. The van der Waals surface area contributed by atoms with E-state index in [9.17, 15) is 13.6 Å². The first-order chi connectivity index (χ1) is 12.6. The van der Waals surface area contributed by atoms with Crippen LogP contribution in [0.15, 0.2) is 54.7 Å². The van der Waals surface area contributed by atoms with Crippen LogP contribution in [-0.2, 0) is 11.3 Å². The molecule has 0 saturated carbocycles. The van der Waals surface area contributed by atoms with E-state index in [-0.39, 0.29) is 18.0 Å². The van der Waals surface area contributed by atoms with Crippen LogP contribution >= 0.6 is 0 Å². The van der Waals surface area contributed by atoms with E-state index >= 15 is 0 Å². The van der Waals surface area contributed by atoms with Crippen molar-refractivity contribution in [3.63, 3.8) is 0 Å². The summed E-state index contributed by atoms with van der Waals surface area (Å²) in [5.41, 5.74) is 3.79. The van der Waals surface area contributed by atoms with Gasteiger partial charge in [0, 0.05) is 40.9 Å². The van der Waals surface area contributed by atoms with Crippen molar-refractivity contribution in [1.29, 1.82) is 0 Å². The van der Waals surface area contributed by atoms with Crippen LogP contribution < -0.4 is 10.6 Å². The highest BCUT2D eigenvalue weighted by molar-refractivity contribution is 6.35. The highest BCUT2D eigenvalue weighted by Crippen LogP contribution is 2.35. The molecule has 1 amide bonds. The van der Waals surface area contributed by atoms with E-state index in [0.717, 1.165) is 35.1 Å². The number of rotatable bonds is 4. The summed E-state index contributed by atoms with van der Waals surface area (Å²) in [5.74, 6) is -1.13. The summed E-state index contributed by atoms with van der Waals surface area (Å²) in [6, 6.07) is 12.5. The number of carbonyl (C=O) groups excluding carboxylic acids is 1. The number of halogens is 2. The molecule has 4 rings (SSSR count). The fraction of sp³-hybridized carbons (Fsp3) is 0.0500. The quantitative estimate of drug-likeness (QED) is 0.610. The number of carbonyl (C=O) groups is 1. The van der Waals surface area contributed by atoms with Gasteiger partial charge in [-0.25, -0.2) is 8.78 Å². The number of aromatic amines is 1. The number of aromatic nitrogens is 1. The molecule has 1 aromatic heterocycles. The van der Waals surface area contributed by atoms with E-state index in [2.05, 4.69) is 15.6 Å². The topological polar surface area (TPSA) is 56.9 Å². The third-order valence-electron chi connectivity index (χ3n) is 4.22. The van der Waals surface area contributed by atoms with Crippen molar-refractivity contribution in [3.05, 3.63) is 83.2 Å². The van der Waals surface area contributed by atoms with E-state index in [4.69, 9.17) is 0 Å². The molecule has 3 N–H and O–H groups in total. The molecule has 0 aliphatic carbocycles. The third kappa shape index (κ3) is 3.09. The monoisotopic (exact) mass is 351 g/mol. The SMILES string of the molecule is O=C1Nc2ccc(NCc3cc(F)ccc3F)cc2C1=Cc1ccc[nH]1. The van der Waals surface area contributed by atoms with Gasteiger partial charge in [0.2, 0.25) is 0 Å². The molecule has 0 spiro atoms. The van der Waals surface area contributed by atoms with Crippen molar-refractivity contribution < 1.29 is 13.6 Å². The minimum atomic E-state index is -0.483. The highest BCUT2D eigenvalue weighted by atomic mass is 19.1. The van der Waals surface area contributed by atoms with Crippen LogP contribution in [0.1, 0.15) is 16.8 Å². The Morgan fingerprint density at radius 3 is 2.77 bits per heavy atom. The number of anilines is 2. The fourth-order valence-corrected chi connectivity index (χ4v) is 2.91. The van der Waals surface area contributed by atoms with Gasteiger partial charge in [-0.1, -0.05) is 0 Å². The molecule has 0 unspecified atom stereocenters. The van der Waals surface area contributed by atoms with Crippen molar-refractivity contribution in [1.82, 2.24) is 4.98 Å². The number of hydrogen-bond donors (Lipinski definition) is 3. The van der Waals surface area contributed by atoms with Crippen molar-refractivity contribution in [2.24, 2.45) is 0 Å². The molecule has 0 atom stereocenters. The van der Waals surface area contributed by atoms with E-state index < -0.39 is 11.6 Å². The maximum atomic E-state index is 13.7. The minimum absolute atomic E-state index is 0.138. The van der Waals surface area contributed by atoms with Gasteiger partial charge in [-0.3, -0.25) is 4.79 Å². The number of amides is 1. The van der Waals surface area contributed by atoms with Gasteiger partial charge < -0.3 is 15.6 Å². The van der Waals surface area contributed by atoms with Gasteiger partial charge in [0.15, 0.2) is 0 Å². The van der Waals surface area contributed by atoms with Gasteiger partial charge in [0.1, 0.15) is 11.6 Å². The van der Waals surface area contributed by atoms with Crippen molar-refractivity contribution in [2.45, 2.75) is 6.54 Å². The number of nitrogens with one attached hydrogen (secondary N) is 3. The second-order valence-electron chi connectivity index (χ2n) is 5.99. The zero-order chi connectivity index (χ0) is 18.1. The Labute approximate surface area is 148 Å². The summed E-state index contributed by atoms with van der Waals surface area (Å²) in [5, 5.41) is 5.89. The third-order valence-corrected chi connectivity index (χ3v) is 4.22. The first kappa shape index (κ1) is 16.1. The number of H-pyrrole nitrogens is 1. The summed E-state index contributed by atoms with van der Waals surface area (Å²) < 4.78 is 27.0. The lowest BCUT2D eigenvalue weighted by atomic mass is 10.0. The molecule has 1 aliphatic heterocycles. The Bertz CT molecular complexity index is 1010. The van der Waals surface area contributed by atoms with Crippen LogP contribution in [0.25, 0.3) is 11.6 Å². The molecule has 0 saturated heterocycles. The molecule has 2 heterocycles. The van der Waals surface area contributed by atoms with Gasteiger partial charge >= 0.3 is 0 Å². The molecule has 6 heteroatoms. The Morgan fingerprint density at radius 1 is 1.08 bits per heavy atom. The average Bonchev–Trinajstić information content (AvgIpc) is 3.24. The van der Waals surface area contributed by atoms with Gasteiger partial charge in [0.25, 0.3) is 5.91 Å². The van der Waals surface area contributed by atoms with Crippen LogP contribution in [0.5, 0.6) is 0 Å². The molecule has 0 bridgehead atoms. The summed E-state index contributed by atoms with van der Waals surface area (Å²) in [6.45, 7) is 0.138. The zero-order valence-electron chi connectivity index (χ0n) is 13.6. The summed E-state index contributed by atoms with van der Waals surface area (Å²) in [7, 11) is 0. The Balaban J connectivity index is 1.60. The van der Waals surface area contributed by atoms with Crippen LogP contribution in [0.4, 0.5) is 20.2 Å². The fourth-order valence-electron chi connectivity index (χ4n) is 2.91. The minimum Gasteiger partial charge on any atom is -0.381 e. The molecule has 0 fully saturated rings. The molecule has 3 aromatic rings. The average molecular weight is 351 g/mol. The zero-order valence-corrected chi connectivity index (χ0v) is 13.6. The van der Waals surface area contributed by atoms with Gasteiger partial charge in [-0.15, -0.1) is 0 Å². The molecule has 0 radical (unpaired) electrons. The highest BCUT2D eigenvalue weighted by Gasteiger charge is 2.24. The number of fused-ring (bicyclic) bond motifs is 1. The molecule has 130 valence electrons. The van der Waals surface area contributed by atoms with Crippen LogP contribution in [0, 0.1) is 11.6 Å². The predicted octanol–water partition coefficient (Wildman–Crippen LogP) is 4.40. The molecule has 4 nitrogen and oxygen atoms in total. The summed E-state index contributed by atoms with van der Waals surface area (Å²) in [6.07, 6.45) is 3.56. The lowest BCUT2D eigenvalue weighted by Gasteiger charge is -2.09. The second kappa shape index (κ2) is 6.48. The van der Waals surface area contributed by atoms with E-state index in [1.165, 1.54) is 0 Å². The second-order valence-corrected chi connectivity index (χ2v) is 5.99. The van der Waals surface area contributed by atoms with Crippen LogP contribution in [0.2, 0.25) is 0 Å². The normalized spacial score (nSPS) is 14.4. The smallest absolute Gasteiger partial charge is 0.256 e.